The second kappa shape index (κ2) is 7.08. The van der Waals surface area contributed by atoms with Crippen LogP contribution in [0.15, 0.2) is 58.3 Å². The van der Waals surface area contributed by atoms with Gasteiger partial charge in [0.25, 0.3) is 5.91 Å². The molecule has 4 aromatic rings. The fourth-order valence-corrected chi connectivity index (χ4v) is 4.78. The van der Waals surface area contributed by atoms with E-state index < -0.39 is 0 Å². The van der Waals surface area contributed by atoms with Gasteiger partial charge in [-0.15, -0.1) is 11.3 Å². The molecule has 0 unspecified atom stereocenters. The van der Waals surface area contributed by atoms with Gasteiger partial charge in [0.15, 0.2) is 5.76 Å². The van der Waals surface area contributed by atoms with E-state index in [0.29, 0.717) is 5.76 Å². The van der Waals surface area contributed by atoms with Gasteiger partial charge in [-0.2, -0.15) is 0 Å². The third-order valence-corrected chi connectivity index (χ3v) is 6.50. The normalized spacial score (nSPS) is 15.5. The molecule has 1 saturated heterocycles. The highest BCUT2D eigenvalue weighted by Gasteiger charge is 2.27. The number of nitrogens with zero attached hydrogens (tertiary/aromatic N) is 2. The molecule has 2 aromatic carbocycles. The minimum Gasteiger partial charge on any atom is -0.450 e. The Bertz CT molecular complexity index is 1140. The SMILES string of the molecule is Cc1c(C(=O)N2CCN(Cc3cccs3)CC2)oc2c1ccc1ccccc12. The maximum atomic E-state index is 13.2. The molecule has 1 aliphatic rings. The lowest BCUT2D eigenvalue weighted by atomic mass is 10.1. The van der Waals surface area contributed by atoms with E-state index in [2.05, 4.69) is 46.7 Å². The number of carbonyl (C=O) groups excluding carboxylic acids is 1. The summed E-state index contributed by atoms with van der Waals surface area (Å²) in [5.74, 6) is 0.492. The molecule has 1 amide bonds. The molecule has 5 heteroatoms. The molecule has 0 N–H and O–H groups in total. The molecule has 0 spiro atoms. The minimum absolute atomic E-state index is 0.00792. The van der Waals surface area contributed by atoms with Crippen molar-refractivity contribution in [2.45, 2.75) is 13.5 Å². The predicted molar refractivity (Wildman–Crippen MR) is 114 cm³/mol. The zero-order valence-electron chi connectivity index (χ0n) is 15.9. The van der Waals surface area contributed by atoms with E-state index in [4.69, 9.17) is 4.42 Å². The third-order valence-electron chi connectivity index (χ3n) is 5.64. The van der Waals surface area contributed by atoms with Crippen molar-refractivity contribution in [2.24, 2.45) is 0 Å². The Morgan fingerprint density at radius 1 is 1.00 bits per heavy atom. The first-order valence-corrected chi connectivity index (χ1v) is 10.5. The Hall–Kier alpha value is -2.63. The van der Waals surface area contributed by atoms with Gasteiger partial charge in [-0.05, 0) is 23.8 Å². The number of hydrogen-bond donors (Lipinski definition) is 0. The van der Waals surface area contributed by atoms with Crippen LogP contribution >= 0.6 is 11.3 Å². The summed E-state index contributed by atoms with van der Waals surface area (Å²) in [5.41, 5.74) is 1.75. The van der Waals surface area contributed by atoms with Gasteiger partial charge in [0.1, 0.15) is 5.58 Å². The Labute approximate surface area is 168 Å². The number of fused-ring (bicyclic) bond motifs is 3. The highest BCUT2D eigenvalue weighted by molar-refractivity contribution is 7.09. The molecule has 0 bridgehead atoms. The van der Waals surface area contributed by atoms with Crippen LogP contribution in [0.1, 0.15) is 21.0 Å². The predicted octanol–water partition coefficient (Wildman–Crippen LogP) is 4.91. The zero-order chi connectivity index (χ0) is 19.1. The molecule has 0 atom stereocenters. The summed E-state index contributed by atoms with van der Waals surface area (Å²) in [5, 5.41) is 5.33. The van der Waals surface area contributed by atoms with Crippen molar-refractivity contribution >= 4 is 39.0 Å². The van der Waals surface area contributed by atoms with Crippen molar-refractivity contribution in [1.29, 1.82) is 0 Å². The van der Waals surface area contributed by atoms with Crippen LogP contribution in [0.5, 0.6) is 0 Å². The van der Waals surface area contributed by atoms with Gasteiger partial charge >= 0.3 is 0 Å². The van der Waals surface area contributed by atoms with Gasteiger partial charge in [-0.1, -0.05) is 42.5 Å². The topological polar surface area (TPSA) is 36.7 Å². The second-order valence-electron chi connectivity index (χ2n) is 7.37. The lowest BCUT2D eigenvalue weighted by Gasteiger charge is -2.34. The Morgan fingerprint density at radius 3 is 2.61 bits per heavy atom. The highest BCUT2D eigenvalue weighted by Crippen LogP contribution is 2.32. The van der Waals surface area contributed by atoms with E-state index in [1.165, 1.54) is 4.88 Å². The van der Waals surface area contributed by atoms with Crippen LogP contribution < -0.4 is 0 Å². The lowest BCUT2D eigenvalue weighted by Crippen LogP contribution is -2.48. The maximum absolute atomic E-state index is 13.2. The summed E-state index contributed by atoms with van der Waals surface area (Å²) in [6.45, 7) is 6.22. The van der Waals surface area contributed by atoms with Gasteiger partial charge in [0.2, 0.25) is 0 Å². The number of aryl methyl sites for hydroxylation is 1. The number of carbonyl (C=O) groups is 1. The number of furan rings is 1. The average Bonchev–Trinajstić information content (AvgIpc) is 3.36. The summed E-state index contributed by atoms with van der Waals surface area (Å²) in [6.07, 6.45) is 0. The second-order valence-corrected chi connectivity index (χ2v) is 8.40. The first-order valence-electron chi connectivity index (χ1n) is 9.65. The molecule has 5 rings (SSSR count). The quantitative estimate of drug-likeness (QED) is 0.498. The van der Waals surface area contributed by atoms with Crippen molar-refractivity contribution in [3.8, 4) is 0 Å². The van der Waals surface area contributed by atoms with Gasteiger partial charge in [-0.3, -0.25) is 9.69 Å². The van der Waals surface area contributed by atoms with Crippen molar-refractivity contribution in [1.82, 2.24) is 9.80 Å². The number of hydrogen-bond acceptors (Lipinski definition) is 4. The number of amides is 1. The first-order chi connectivity index (χ1) is 13.7. The molecule has 28 heavy (non-hydrogen) atoms. The van der Waals surface area contributed by atoms with E-state index in [9.17, 15) is 4.79 Å². The molecular formula is C23H22N2O2S. The molecule has 0 aliphatic carbocycles. The molecule has 0 radical (unpaired) electrons. The fraction of sp³-hybridized carbons (Fsp3) is 0.261. The van der Waals surface area contributed by atoms with E-state index in [1.54, 1.807) is 11.3 Å². The summed E-state index contributed by atoms with van der Waals surface area (Å²) >= 11 is 1.79. The van der Waals surface area contributed by atoms with Crippen molar-refractivity contribution in [2.75, 3.05) is 26.2 Å². The van der Waals surface area contributed by atoms with Gasteiger partial charge < -0.3 is 9.32 Å². The largest absolute Gasteiger partial charge is 0.450 e. The average molecular weight is 391 g/mol. The maximum Gasteiger partial charge on any atom is 0.289 e. The van der Waals surface area contributed by atoms with Crippen LogP contribution in [0.4, 0.5) is 0 Å². The zero-order valence-corrected chi connectivity index (χ0v) is 16.7. The fourth-order valence-electron chi connectivity index (χ4n) is 4.03. The van der Waals surface area contributed by atoms with Gasteiger partial charge in [-0.25, -0.2) is 0 Å². The highest BCUT2D eigenvalue weighted by atomic mass is 32.1. The van der Waals surface area contributed by atoms with Gasteiger partial charge in [0.05, 0.1) is 0 Å². The van der Waals surface area contributed by atoms with E-state index in [-0.39, 0.29) is 5.91 Å². The van der Waals surface area contributed by atoms with E-state index in [0.717, 1.165) is 60.0 Å². The number of rotatable bonds is 3. The standard InChI is InChI=1S/C23H22N2O2S/c1-16-19-9-8-17-5-2-3-7-20(17)22(19)27-21(16)23(26)25-12-10-24(11-13-25)15-18-6-4-14-28-18/h2-9,14H,10-13,15H2,1H3. The third kappa shape index (κ3) is 3.01. The summed E-state index contributed by atoms with van der Waals surface area (Å²) in [4.78, 5) is 18.9. The molecule has 1 aliphatic heterocycles. The summed E-state index contributed by atoms with van der Waals surface area (Å²) in [7, 11) is 0. The molecule has 142 valence electrons. The molecule has 1 fully saturated rings. The van der Waals surface area contributed by atoms with Crippen LogP contribution in [-0.2, 0) is 6.54 Å². The first kappa shape index (κ1) is 17.5. The Morgan fingerprint density at radius 2 is 1.82 bits per heavy atom. The van der Waals surface area contributed by atoms with Crippen molar-refractivity contribution in [3.63, 3.8) is 0 Å². The van der Waals surface area contributed by atoms with Gasteiger partial charge in [0, 0.05) is 53.9 Å². The molecule has 3 heterocycles. The number of piperazine rings is 1. The van der Waals surface area contributed by atoms with E-state index in [1.807, 2.05) is 24.0 Å². The molecule has 2 aromatic heterocycles. The minimum atomic E-state index is 0.00792. The van der Waals surface area contributed by atoms with Crippen LogP contribution in [0, 0.1) is 6.92 Å². The smallest absolute Gasteiger partial charge is 0.289 e. The van der Waals surface area contributed by atoms with E-state index >= 15 is 0 Å². The molecule has 0 saturated carbocycles. The monoisotopic (exact) mass is 390 g/mol. The lowest BCUT2D eigenvalue weighted by molar-refractivity contribution is 0.0600. The van der Waals surface area contributed by atoms with Crippen LogP contribution in [0.3, 0.4) is 0 Å². The summed E-state index contributed by atoms with van der Waals surface area (Å²) < 4.78 is 6.14. The number of thiophene rings is 1. The van der Waals surface area contributed by atoms with Crippen LogP contribution in [0.25, 0.3) is 21.7 Å². The Kier molecular flexibility index (Phi) is 4.41. The van der Waals surface area contributed by atoms with Crippen LogP contribution in [-0.4, -0.2) is 41.9 Å². The molecular weight excluding hydrogens is 368 g/mol. The van der Waals surface area contributed by atoms with Crippen molar-refractivity contribution in [3.05, 3.63) is 70.1 Å². The van der Waals surface area contributed by atoms with Crippen molar-refractivity contribution < 1.29 is 9.21 Å². The van der Waals surface area contributed by atoms with Crippen LogP contribution in [0.2, 0.25) is 0 Å². The number of benzene rings is 2. The summed E-state index contributed by atoms with van der Waals surface area (Å²) in [6, 6.07) is 16.6. The Balaban J connectivity index is 1.37. The molecule has 4 nitrogen and oxygen atoms in total.